The molecule has 1 saturated heterocycles. The molecule has 34 heavy (non-hydrogen) atoms. The minimum absolute atomic E-state index is 0.0973. The van der Waals surface area contributed by atoms with Crippen molar-refractivity contribution in [2.24, 2.45) is 0 Å². The zero-order chi connectivity index (χ0) is 23.8. The molecule has 180 valence electrons. The molecule has 4 rings (SSSR count). The summed E-state index contributed by atoms with van der Waals surface area (Å²) in [6.07, 6.45) is 1.18. The maximum Gasteiger partial charge on any atom is 0.225 e. The average molecular weight is 468 g/mol. The van der Waals surface area contributed by atoms with Crippen LogP contribution in [0.2, 0.25) is 0 Å². The van der Waals surface area contributed by atoms with Crippen LogP contribution in [0.25, 0.3) is 0 Å². The molecule has 1 aromatic heterocycles. The summed E-state index contributed by atoms with van der Waals surface area (Å²) in [6.45, 7) is 6.73. The first-order valence-corrected chi connectivity index (χ1v) is 11.5. The van der Waals surface area contributed by atoms with Gasteiger partial charge in [-0.15, -0.1) is 0 Å². The summed E-state index contributed by atoms with van der Waals surface area (Å²) >= 11 is 0. The molecule has 0 unspecified atom stereocenters. The Morgan fingerprint density at radius 1 is 1.03 bits per heavy atom. The Bertz CT molecular complexity index is 1080. The van der Waals surface area contributed by atoms with E-state index < -0.39 is 5.82 Å². The predicted octanol–water partition coefficient (Wildman–Crippen LogP) is 3.41. The number of anilines is 3. The number of hydrogen-bond donors (Lipinski definition) is 3. The first kappa shape index (κ1) is 23.7. The molecule has 2 aromatic carbocycles. The summed E-state index contributed by atoms with van der Waals surface area (Å²) in [6, 6.07) is 15.9. The SMILES string of the molecule is COc1ccc(Nc2nc(NCC[N+]3(Cc4ccccc4)CCNCC3)ncc2F)cc1OC. The highest BCUT2D eigenvalue weighted by molar-refractivity contribution is 5.62. The summed E-state index contributed by atoms with van der Waals surface area (Å²) in [5.74, 6) is 1.09. The lowest BCUT2D eigenvalue weighted by Gasteiger charge is -2.42. The smallest absolute Gasteiger partial charge is 0.225 e. The van der Waals surface area contributed by atoms with Crippen molar-refractivity contribution in [1.29, 1.82) is 0 Å². The molecule has 9 heteroatoms. The van der Waals surface area contributed by atoms with Crippen LogP contribution in [0.4, 0.5) is 21.8 Å². The number of piperazine rings is 1. The third-order valence-electron chi connectivity index (χ3n) is 6.15. The molecule has 1 aliphatic rings. The second kappa shape index (κ2) is 11.1. The van der Waals surface area contributed by atoms with E-state index in [0.717, 1.165) is 43.8 Å². The Labute approximate surface area is 199 Å². The van der Waals surface area contributed by atoms with Gasteiger partial charge in [-0.3, -0.25) is 0 Å². The largest absolute Gasteiger partial charge is 0.493 e. The number of ether oxygens (including phenoxy) is 2. The third-order valence-corrected chi connectivity index (χ3v) is 6.15. The second-order valence-corrected chi connectivity index (χ2v) is 8.42. The summed E-state index contributed by atoms with van der Waals surface area (Å²) in [7, 11) is 3.12. The molecular weight excluding hydrogens is 435 g/mol. The highest BCUT2D eigenvalue weighted by Crippen LogP contribution is 2.31. The van der Waals surface area contributed by atoms with Crippen molar-refractivity contribution in [3.05, 3.63) is 66.1 Å². The van der Waals surface area contributed by atoms with E-state index >= 15 is 0 Å². The fourth-order valence-corrected chi connectivity index (χ4v) is 4.30. The van der Waals surface area contributed by atoms with Crippen LogP contribution >= 0.6 is 0 Å². The molecule has 0 bridgehead atoms. The minimum Gasteiger partial charge on any atom is -0.493 e. The van der Waals surface area contributed by atoms with Gasteiger partial charge >= 0.3 is 0 Å². The quantitative estimate of drug-likeness (QED) is 0.394. The van der Waals surface area contributed by atoms with E-state index in [1.807, 2.05) is 6.07 Å². The first-order valence-electron chi connectivity index (χ1n) is 11.5. The number of methoxy groups -OCH3 is 2. The van der Waals surface area contributed by atoms with Gasteiger partial charge < -0.3 is 29.9 Å². The Kier molecular flexibility index (Phi) is 7.76. The normalized spacial score (nSPS) is 14.9. The minimum atomic E-state index is -0.532. The molecule has 2 heterocycles. The van der Waals surface area contributed by atoms with E-state index in [1.165, 1.54) is 11.8 Å². The van der Waals surface area contributed by atoms with Crippen molar-refractivity contribution in [3.8, 4) is 11.5 Å². The highest BCUT2D eigenvalue weighted by atomic mass is 19.1. The molecule has 0 saturated carbocycles. The molecule has 3 N–H and O–H groups in total. The van der Waals surface area contributed by atoms with Crippen LogP contribution in [-0.4, -0.2) is 67.9 Å². The second-order valence-electron chi connectivity index (χ2n) is 8.42. The van der Waals surface area contributed by atoms with Gasteiger partial charge in [-0.25, -0.2) is 9.37 Å². The predicted molar refractivity (Wildman–Crippen MR) is 131 cm³/mol. The zero-order valence-corrected chi connectivity index (χ0v) is 19.7. The number of halogens is 1. The Balaban J connectivity index is 1.41. The fraction of sp³-hybridized carbons (Fsp3) is 0.360. The number of benzene rings is 2. The number of hydrogen-bond acceptors (Lipinski definition) is 7. The highest BCUT2D eigenvalue weighted by Gasteiger charge is 2.29. The lowest BCUT2D eigenvalue weighted by molar-refractivity contribution is -0.940. The number of quaternary nitrogens is 1. The van der Waals surface area contributed by atoms with Gasteiger partial charge in [-0.1, -0.05) is 30.3 Å². The third kappa shape index (κ3) is 5.92. The summed E-state index contributed by atoms with van der Waals surface area (Å²) in [5.41, 5.74) is 1.97. The topological polar surface area (TPSA) is 80.3 Å². The lowest BCUT2D eigenvalue weighted by atomic mass is 10.1. The van der Waals surface area contributed by atoms with Gasteiger partial charge in [-0.2, -0.15) is 4.98 Å². The van der Waals surface area contributed by atoms with Crippen molar-refractivity contribution < 1.29 is 18.3 Å². The van der Waals surface area contributed by atoms with Gasteiger partial charge in [0.05, 0.1) is 46.6 Å². The summed E-state index contributed by atoms with van der Waals surface area (Å²) in [5, 5.41) is 9.75. The van der Waals surface area contributed by atoms with Crippen LogP contribution in [0.1, 0.15) is 5.56 Å². The number of nitrogens with zero attached hydrogens (tertiary/aromatic N) is 3. The van der Waals surface area contributed by atoms with Crippen molar-refractivity contribution >= 4 is 17.5 Å². The van der Waals surface area contributed by atoms with Crippen LogP contribution in [0, 0.1) is 5.82 Å². The van der Waals surface area contributed by atoms with Crippen LogP contribution in [0.3, 0.4) is 0 Å². The molecule has 0 aliphatic carbocycles. The molecule has 0 spiro atoms. The lowest BCUT2D eigenvalue weighted by Crippen LogP contribution is -2.59. The average Bonchev–Trinajstić information content (AvgIpc) is 2.87. The van der Waals surface area contributed by atoms with Crippen molar-refractivity contribution in [2.45, 2.75) is 6.54 Å². The van der Waals surface area contributed by atoms with Crippen molar-refractivity contribution in [2.75, 3.05) is 64.1 Å². The molecule has 3 aromatic rings. The van der Waals surface area contributed by atoms with Crippen molar-refractivity contribution in [3.63, 3.8) is 0 Å². The number of nitrogens with one attached hydrogen (secondary N) is 3. The maximum atomic E-state index is 14.4. The van der Waals surface area contributed by atoms with Gasteiger partial charge in [0.25, 0.3) is 0 Å². The Morgan fingerprint density at radius 3 is 2.53 bits per heavy atom. The van der Waals surface area contributed by atoms with E-state index in [-0.39, 0.29) is 5.82 Å². The van der Waals surface area contributed by atoms with E-state index in [2.05, 4.69) is 50.2 Å². The maximum absolute atomic E-state index is 14.4. The van der Waals surface area contributed by atoms with Crippen LogP contribution in [-0.2, 0) is 6.54 Å². The van der Waals surface area contributed by atoms with Gasteiger partial charge in [0.15, 0.2) is 23.1 Å². The van der Waals surface area contributed by atoms with Gasteiger partial charge in [0.2, 0.25) is 5.95 Å². The van der Waals surface area contributed by atoms with Crippen LogP contribution < -0.4 is 25.4 Å². The fourth-order valence-electron chi connectivity index (χ4n) is 4.30. The number of rotatable bonds is 10. The Morgan fingerprint density at radius 2 is 1.79 bits per heavy atom. The van der Waals surface area contributed by atoms with Gasteiger partial charge in [0.1, 0.15) is 6.54 Å². The molecule has 0 radical (unpaired) electrons. The Hall–Kier alpha value is -3.43. The van der Waals surface area contributed by atoms with E-state index in [0.29, 0.717) is 29.7 Å². The zero-order valence-electron chi connectivity index (χ0n) is 19.7. The van der Waals surface area contributed by atoms with E-state index in [1.54, 1.807) is 32.4 Å². The molecule has 8 nitrogen and oxygen atoms in total. The van der Waals surface area contributed by atoms with Crippen LogP contribution in [0.15, 0.2) is 54.7 Å². The van der Waals surface area contributed by atoms with Crippen LogP contribution in [0.5, 0.6) is 11.5 Å². The molecular formula is C25H32FN6O2+. The molecule has 1 aliphatic heterocycles. The van der Waals surface area contributed by atoms with E-state index in [4.69, 9.17) is 9.47 Å². The standard InChI is InChI=1S/C25H32FN6O2/c1-33-22-9-8-20(16-23(22)34-2)30-24-21(26)17-29-25(31-24)28-12-15-32(13-10-27-11-14-32)18-19-6-4-3-5-7-19/h3-9,16-17,27H,10-15,18H2,1-2H3,(H2,28,29,30,31)/q+1. The molecule has 0 amide bonds. The summed E-state index contributed by atoms with van der Waals surface area (Å²) in [4.78, 5) is 8.49. The molecule has 1 fully saturated rings. The summed E-state index contributed by atoms with van der Waals surface area (Å²) < 4.78 is 26.0. The van der Waals surface area contributed by atoms with Gasteiger partial charge in [0, 0.05) is 30.4 Å². The molecule has 0 atom stereocenters. The van der Waals surface area contributed by atoms with Crippen molar-refractivity contribution in [1.82, 2.24) is 15.3 Å². The monoisotopic (exact) mass is 467 g/mol. The number of aromatic nitrogens is 2. The van der Waals surface area contributed by atoms with Gasteiger partial charge in [-0.05, 0) is 12.1 Å². The van der Waals surface area contributed by atoms with E-state index in [9.17, 15) is 4.39 Å². The first-order chi connectivity index (χ1) is 16.6.